The molecule has 1 fully saturated rings. The highest BCUT2D eigenvalue weighted by molar-refractivity contribution is 5.24. The van der Waals surface area contributed by atoms with E-state index in [1.807, 2.05) is 17.9 Å². The maximum Gasteiger partial charge on any atom is 0.391 e. The highest BCUT2D eigenvalue weighted by Crippen LogP contribution is 2.39. The van der Waals surface area contributed by atoms with Crippen LogP contribution in [0, 0.1) is 5.92 Å². The van der Waals surface area contributed by atoms with Crippen LogP contribution in [0.4, 0.5) is 13.2 Å². The molecule has 1 saturated carbocycles. The van der Waals surface area contributed by atoms with Gasteiger partial charge in [0, 0.05) is 30.4 Å². The average molecular weight is 301 g/mol. The molecule has 2 aliphatic carbocycles. The molecule has 0 spiro atoms. The molecule has 3 rings (SSSR count). The maximum absolute atomic E-state index is 12.9. The van der Waals surface area contributed by atoms with E-state index in [4.69, 9.17) is 0 Å². The Kier molecular flexibility index (Phi) is 3.99. The summed E-state index contributed by atoms with van der Waals surface area (Å²) in [6.07, 6.45) is 2.90. The van der Waals surface area contributed by atoms with Crippen LogP contribution in [-0.2, 0) is 13.5 Å². The molecule has 1 heterocycles. The lowest BCUT2D eigenvalue weighted by atomic mass is 9.83. The molecule has 0 amide bonds. The van der Waals surface area contributed by atoms with Gasteiger partial charge >= 0.3 is 6.18 Å². The lowest BCUT2D eigenvalue weighted by Gasteiger charge is -2.35. The van der Waals surface area contributed by atoms with Gasteiger partial charge in [-0.1, -0.05) is 6.42 Å². The third-order valence-corrected chi connectivity index (χ3v) is 4.95. The Morgan fingerprint density at radius 3 is 2.81 bits per heavy atom. The number of aromatic nitrogens is 2. The van der Waals surface area contributed by atoms with Crippen LogP contribution in [0.15, 0.2) is 6.20 Å². The van der Waals surface area contributed by atoms with Gasteiger partial charge in [0.1, 0.15) is 0 Å². The van der Waals surface area contributed by atoms with Gasteiger partial charge in [0.05, 0.1) is 12.1 Å². The Bertz CT molecular complexity index is 495. The van der Waals surface area contributed by atoms with E-state index < -0.39 is 12.1 Å². The predicted molar refractivity (Wildman–Crippen MR) is 73.8 cm³/mol. The minimum absolute atomic E-state index is 0.0264. The topological polar surface area (TPSA) is 29.9 Å². The Hall–Kier alpha value is -1.04. The summed E-state index contributed by atoms with van der Waals surface area (Å²) in [5.74, 6) is -1.14. The van der Waals surface area contributed by atoms with Crippen molar-refractivity contribution >= 4 is 0 Å². The minimum atomic E-state index is -4.05. The number of nitrogens with one attached hydrogen (secondary N) is 1. The normalized spacial score (nSPS) is 30.2. The van der Waals surface area contributed by atoms with Crippen molar-refractivity contribution in [1.29, 1.82) is 0 Å². The van der Waals surface area contributed by atoms with Crippen LogP contribution in [0.1, 0.15) is 55.8 Å². The van der Waals surface area contributed by atoms with Crippen molar-refractivity contribution in [3.05, 3.63) is 17.5 Å². The van der Waals surface area contributed by atoms with Crippen LogP contribution in [0.3, 0.4) is 0 Å². The summed E-state index contributed by atoms with van der Waals surface area (Å²) < 4.78 is 40.6. The smallest absolute Gasteiger partial charge is 0.307 e. The molecule has 6 heteroatoms. The molecule has 0 aromatic carbocycles. The largest absolute Gasteiger partial charge is 0.391 e. The summed E-state index contributed by atoms with van der Waals surface area (Å²) in [4.78, 5) is 0. The third kappa shape index (κ3) is 3.10. The van der Waals surface area contributed by atoms with E-state index in [1.54, 1.807) is 0 Å². The van der Waals surface area contributed by atoms with Crippen LogP contribution >= 0.6 is 0 Å². The maximum atomic E-state index is 12.9. The first-order valence-electron chi connectivity index (χ1n) is 7.78. The first-order valence-corrected chi connectivity index (χ1v) is 7.78. The molecule has 3 nitrogen and oxygen atoms in total. The molecule has 2 aliphatic rings. The van der Waals surface area contributed by atoms with Crippen molar-refractivity contribution in [1.82, 2.24) is 15.1 Å². The van der Waals surface area contributed by atoms with Crippen molar-refractivity contribution in [2.24, 2.45) is 13.0 Å². The van der Waals surface area contributed by atoms with Gasteiger partial charge in [-0.2, -0.15) is 18.3 Å². The molecule has 21 heavy (non-hydrogen) atoms. The van der Waals surface area contributed by atoms with Crippen LogP contribution in [0.5, 0.6) is 0 Å². The second kappa shape index (κ2) is 5.63. The average Bonchev–Trinajstić information content (AvgIpc) is 2.81. The second-order valence-electron chi connectivity index (χ2n) is 6.38. The van der Waals surface area contributed by atoms with Crippen LogP contribution in [0.25, 0.3) is 0 Å². The van der Waals surface area contributed by atoms with Crippen LogP contribution in [-0.4, -0.2) is 22.0 Å². The fourth-order valence-corrected chi connectivity index (χ4v) is 3.80. The SMILES string of the molecule is Cn1ncc2c1CCCC2NC1CCCC(C(F)(F)F)C1. The van der Waals surface area contributed by atoms with Gasteiger partial charge in [0.2, 0.25) is 0 Å². The zero-order chi connectivity index (χ0) is 15.0. The molecule has 3 unspecified atom stereocenters. The van der Waals surface area contributed by atoms with Gasteiger partial charge in [0.15, 0.2) is 0 Å². The number of fused-ring (bicyclic) bond motifs is 1. The number of hydrogen-bond donors (Lipinski definition) is 1. The monoisotopic (exact) mass is 301 g/mol. The van der Waals surface area contributed by atoms with Gasteiger partial charge in [0.25, 0.3) is 0 Å². The van der Waals surface area contributed by atoms with E-state index in [2.05, 4.69) is 10.4 Å². The number of rotatable bonds is 2. The van der Waals surface area contributed by atoms with Crippen LogP contribution < -0.4 is 5.32 Å². The van der Waals surface area contributed by atoms with E-state index in [-0.39, 0.29) is 24.9 Å². The molecule has 1 N–H and O–H groups in total. The van der Waals surface area contributed by atoms with Crippen molar-refractivity contribution < 1.29 is 13.2 Å². The Morgan fingerprint density at radius 2 is 2.05 bits per heavy atom. The second-order valence-corrected chi connectivity index (χ2v) is 6.38. The molecular formula is C15H22F3N3. The van der Waals surface area contributed by atoms with E-state index in [0.717, 1.165) is 25.7 Å². The number of alkyl halides is 3. The number of aryl methyl sites for hydroxylation is 1. The zero-order valence-corrected chi connectivity index (χ0v) is 12.3. The summed E-state index contributed by atoms with van der Waals surface area (Å²) in [7, 11) is 1.93. The van der Waals surface area contributed by atoms with Gasteiger partial charge in [-0.15, -0.1) is 0 Å². The molecule has 0 saturated heterocycles. The Morgan fingerprint density at radius 1 is 1.24 bits per heavy atom. The molecule has 3 atom stereocenters. The number of halogens is 3. The molecule has 0 radical (unpaired) electrons. The fourth-order valence-electron chi connectivity index (χ4n) is 3.80. The quantitative estimate of drug-likeness (QED) is 0.906. The summed E-state index contributed by atoms with van der Waals surface area (Å²) in [5.41, 5.74) is 2.40. The fraction of sp³-hybridized carbons (Fsp3) is 0.800. The highest BCUT2D eigenvalue weighted by atomic mass is 19.4. The molecule has 0 aliphatic heterocycles. The number of hydrogen-bond acceptors (Lipinski definition) is 2. The third-order valence-electron chi connectivity index (χ3n) is 4.95. The van der Waals surface area contributed by atoms with Gasteiger partial charge in [-0.3, -0.25) is 4.68 Å². The van der Waals surface area contributed by atoms with Crippen molar-refractivity contribution in [2.75, 3.05) is 0 Å². The van der Waals surface area contributed by atoms with Gasteiger partial charge in [-0.05, 0) is 38.5 Å². The predicted octanol–water partition coefficient (Wildman–Crippen LogP) is 3.51. The molecule has 118 valence electrons. The van der Waals surface area contributed by atoms with E-state index in [0.29, 0.717) is 6.42 Å². The Balaban J connectivity index is 1.67. The molecular weight excluding hydrogens is 279 g/mol. The van der Waals surface area contributed by atoms with Gasteiger partial charge < -0.3 is 5.32 Å². The molecule has 0 bridgehead atoms. The molecule has 1 aromatic heterocycles. The summed E-state index contributed by atoms with van der Waals surface area (Å²) in [5, 5.41) is 7.77. The lowest BCUT2D eigenvalue weighted by Crippen LogP contribution is -2.41. The Labute approximate surface area is 122 Å². The highest BCUT2D eigenvalue weighted by Gasteiger charge is 2.42. The van der Waals surface area contributed by atoms with Crippen LogP contribution in [0.2, 0.25) is 0 Å². The first-order chi connectivity index (χ1) is 9.95. The van der Waals surface area contributed by atoms with E-state index in [1.165, 1.54) is 11.3 Å². The number of nitrogens with zero attached hydrogens (tertiary/aromatic N) is 2. The van der Waals surface area contributed by atoms with Gasteiger partial charge in [-0.25, -0.2) is 0 Å². The van der Waals surface area contributed by atoms with Crippen molar-refractivity contribution in [2.45, 2.75) is 63.2 Å². The summed E-state index contributed by atoms with van der Waals surface area (Å²) in [6.45, 7) is 0. The van der Waals surface area contributed by atoms with Crippen molar-refractivity contribution in [3.8, 4) is 0 Å². The zero-order valence-electron chi connectivity index (χ0n) is 12.3. The molecule has 1 aromatic rings. The first kappa shape index (κ1) is 14.9. The lowest BCUT2D eigenvalue weighted by molar-refractivity contribution is -0.183. The van der Waals surface area contributed by atoms with E-state index >= 15 is 0 Å². The van der Waals surface area contributed by atoms with E-state index in [9.17, 15) is 13.2 Å². The summed E-state index contributed by atoms with van der Waals surface area (Å²) in [6, 6.07) is 0.140. The minimum Gasteiger partial charge on any atom is -0.307 e. The standard InChI is InChI=1S/C15H22F3N3/c1-21-14-7-3-6-13(12(14)9-19-21)20-11-5-2-4-10(8-11)15(16,17)18/h9-11,13,20H,2-8H2,1H3. The van der Waals surface area contributed by atoms with Crippen molar-refractivity contribution in [3.63, 3.8) is 0 Å². The summed E-state index contributed by atoms with van der Waals surface area (Å²) >= 11 is 0.